The van der Waals surface area contributed by atoms with E-state index in [4.69, 9.17) is 4.74 Å². The molecule has 0 aromatic heterocycles. The molecule has 2 aliphatic rings. The normalized spacial score (nSPS) is 42.7. The molecule has 0 aromatic rings. The molecule has 2 fully saturated rings. The minimum atomic E-state index is 0.603. The highest BCUT2D eigenvalue weighted by Crippen LogP contribution is 2.24. The lowest BCUT2D eigenvalue weighted by Crippen LogP contribution is -2.37. The van der Waals surface area contributed by atoms with Crippen LogP contribution in [0, 0.1) is 5.92 Å². The summed E-state index contributed by atoms with van der Waals surface area (Å²) in [5.74, 6) is 0.832. The second kappa shape index (κ2) is 2.27. The molecule has 1 N–H and O–H groups in total. The largest absolute Gasteiger partial charge is 0.378 e. The van der Waals surface area contributed by atoms with E-state index in [0.29, 0.717) is 6.10 Å². The summed E-state index contributed by atoms with van der Waals surface area (Å²) in [5.41, 5.74) is 0. The van der Waals surface area contributed by atoms with Crippen LogP contribution in [0.25, 0.3) is 0 Å². The van der Waals surface area contributed by atoms with Crippen LogP contribution in [0.2, 0.25) is 0 Å². The van der Waals surface area contributed by atoms with Crippen molar-refractivity contribution in [1.82, 2.24) is 5.32 Å². The second-order valence-electron chi connectivity index (χ2n) is 2.95. The van der Waals surface area contributed by atoms with Crippen LogP contribution in [0.15, 0.2) is 0 Å². The van der Waals surface area contributed by atoms with Crippen molar-refractivity contribution in [3.8, 4) is 0 Å². The van der Waals surface area contributed by atoms with Gasteiger partial charge in [0.25, 0.3) is 0 Å². The third kappa shape index (κ3) is 0.970. The molecule has 2 aliphatic heterocycles. The van der Waals surface area contributed by atoms with E-state index in [0.717, 1.165) is 19.1 Å². The summed E-state index contributed by atoms with van der Waals surface area (Å²) < 4.78 is 5.52. The van der Waals surface area contributed by atoms with E-state index in [1.165, 1.54) is 19.4 Å². The lowest BCUT2D eigenvalue weighted by Gasteiger charge is -2.24. The van der Waals surface area contributed by atoms with Crippen LogP contribution in [-0.2, 0) is 4.74 Å². The molecule has 52 valence electrons. The highest BCUT2D eigenvalue weighted by Gasteiger charge is 2.29. The van der Waals surface area contributed by atoms with E-state index >= 15 is 0 Å². The predicted octanol–water partition coefficient (Wildman–Crippen LogP) is 0.385. The highest BCUT2D eigenvalue weighted by atomic mass is 16.5. The quantitative estimate of drug-likeness (QED) is 0.508. The molecule has 2 unspecified atom stereocenters. The van der Waals surface area contributed by atoms with Crippen LogP contribution in [-0.4, -0.2) is 25.8 Å². The number of fused-ring (bicyclic) bond motifs is 1. The van der Waals surface area contributed by atoms with Crippen molar-refractivity contribution in [2.75, 3.05) is 19.7 Å². The number of hydrogen-bond acceptors (Lipinski definition) is 2. The van der Waals surface area contributed by atoms with Gasteiger partial charge in [-0.3, -0.25) is 0 Å². The summed E-state index contributed by atoms with van der Waals surface area (Å²) in [7, 11) is 0. The van der Waals surface area contributed by atoms with Crippen molar-refractivity contribution in [3.05, 3.63) is 0 Å². The van der Waals surface area contributed by atoms with Crippen LogP contribution < -0.4 is 5.32 Å². The van der Waals surface area contributed by atoms with Crippen LogP contribution in [0.4, 0.5) is 0 Å². The average Bonchev–Trinajstić information content (AvgIpc) is 2.33. The molecule has 0 radical (unpaired) electrons. The Balaban J connectivity index is 1.97. The van der Waals surface area contributed by atoms with Gasteiger partial charge < -0.3 is 10.1 Å². The highest BCUT2D eigenvalue weighted by molar-refractivity contribution is 4.82. The fraction of sp³-hybridized carbons (Fsp3) is 1.00. The third-order valence-corrected chi connectivity index (χ3v) is 2.36. The second-order valence-corrected chi connectivity index (χ2v) is 2.95. The number of ether oxygens (including phenoxy) is 1. The fourth-order valence-electron chi connectivity index (χ4n) is 1.78. The van der Waals surface area contributed by atoms with E-state index in [2.05, 4.69) is 5.32 Å². The first-order valence-electron chi connectivity index (χ1n) is 3.79. The molecule has 0 bridgehead atoms. The number of rotatable bonds is 0. The first-order chi connectivity index (χ1) is 4.47. The third-order valence-electron chi connectivity index (χ3n) is 2.36. The van der Waals surface area contributed by atoms with E-state index in [-0.39, 0.29) is 0 Å². The molecule has 2 atom stereocenters. The van der Waals surface area contributed by atoms with Gasteiger partial charge in [-0.2, -0.15) is 0 Å². The molecule has 2 rings (SSSR count). The predicted molar refractivity (Wildman–Crippen MR) is 35.3 cm³/mol. The molecule has 2 heteroatoms. The first-order valence-corrected chi connectivity index (χ1v) is 3.79. The van der Waals surface area contributed by atoms with Gasteiger partial charge in [0.15, 0.2) is 0 Å². The van der Waals surface area contributed by atoms with Gasteiger partial charge in [0.05, 0.1) is 6.10 Å². The zero-order valence-electron chi connectivity index (χ0n) is 5.60. The van der Waals surface area contributed by atoms with Crippen molar-refractivity contribution < 1.29 is 4.74 Å². The average molecular weight is 127 g/mol. The maximum atomic E-state index is 5.52. The van der Waals surface area contributed by atoms with Gasteiger partial charge >= 0.3 is 0 Å². The van der Waals surface area contributed by atoms with Crippen molar-refractivity contribution in [3.63, 3.8) is 0 Å². The maximum Gasteiger partial charge on any atom is 0.0628 e. The molecule has 2 saturated heterocycles. The number of nitrogens with one attached hydrogen (secondary N) is 1. The summed E-state index contributed by atoms with van der Waals surface area (Å²) >= 11 is 0. The minimum absolute atomic E-state index is 0.603. The van der Waals surface area contributed by atoms with Crippen molar-refractivity contribution in [2.24, 2.45) is 5.92 Å². The Hall–Kier alpha value is -0.0800. The van der Waals surface area contributed by atoms with Gasteiger partial charge in [-0.05, 0) is 25.3 Å². The molecular weight excluding hydrogens is 114 g/mol. The lowest BCUT2D eigenvalue weighted by atomic mass is 9.96. The molecule has 9 heavy (non-hydrogen) atoms. The molecule has 0 aliphatic carbocycles. The SMILES string of the molecule is C1CC2OCCC2CN1. The van der Waals surface area contributed by atoms with E-state index in [1.807, 2.05) is 0 Å². The zero-order chi connectivity index (χ0) is 6.10. The van der Waals surface area contributed by atoms with Crippen LogP contribution >= 0.6 is 0 Å². The van der Waals surface area contributed by atoms with E-state index in [1.54, 1.807) is 0 Å². The summed E-state index contributed by atoms with van der Waals surface area (Å²) in [5, 5.41) is 3.38. The molecule has 0 aromatic carbocycles. The van der Waals surface area contributed by atoms with Gasteiger partial charge in [0.2, 0.25) is 0 Å². The Labute approximate surface area is 55.6 Å². The summed E-state index contributed by atoms with van der Waals surface area (Å²) in [4.78, 5) is 0. The summed E-state index contributed by atoms with van der Waals surface area (Å²) in [6, 6.07) is 0. The van der Waals surface area contributed by atoms with Crippen LogP contribution in [0.5, 0.6) is 0 Å². The van der Waals surface area contributed by atoms with Gasteiger partial charge in [-0.15, -0.1) is 0 Å². The molecule has 0 amide bonds. The number of piperidine rings is 1. The first kappa shape index (κ1) is 5.69. The maximum absolute atomic E-state index is 5.52. The van der Waals surface area contributed by atoms with Gasteiger partial charge in [-0.1, -0.05) is 0 Å². The zero-order valence-corrected chi connectivity index (χ0v) is 5.60. The number of hydrogen-bond donors (Lipinski definition) is 1. The summed E-state index contributed by atoms with van der Waals surface area (Å²) in [6.07, 6.45) is 3.11. The Bertz CT molecular complexity index is 93.1. The minimum Gasteiger partial charge on any atom is -0.378 e. The van der Waals surface area contributed by atoms with Gasteiger partial charge in [0.1, 0.15) is 0 Å². The van der Waals surface area contributed by atoms with Crippen LogP contribution in [0.1, 0.15) is 12.8 Å². The van der Waals surface area contributed by atoms with E-state index < -0.39 is 0 Å². The fourth-order valence-corrected chi connectivity index (χ4v) is 1.78. The molecule has 0 spiro atoms. The standard InChI is InChI=1S/C7H13NO/c1-3-8-5-6-2-4-9-7(1)6/h6-8H,1-5H2. The van der Waals surface area contributed by atoms with E-state index in [9.17, 15) is 0 Å². The topological polar surface area (TPSA) is 21.3 Å². The monoisotopic (exact) mass is 127 g/mol. The van der Waals surface area contributed by atoms with Crippen molar-refractivity contribution in [2.45, 2.75) is 18.9 Å². The van der Waals surface area contributed by atoms with Crippen LogP contribution in [0.3, 0.4) is 0 Å². The Morgan fingerprint density at radius 3 is 3.22 bits per heavy atom. The Morgan fingerprint density at radius 2 is 2.33 bits per heavy atom. The smallest absolute Gasteiger partial charge is 0.0628 e. The Morgan fingerprint density at radius 1 is 1.33 bits per heavy atom. The van der Waals surface area contributed by atoms with Crippen molar-refractivity contribution in [1.29, 1.82) is 0 Å². The molecule has 2 nitrogen and oxygen atoms in total. The molecular formula is C7H13NO. The summed E-state index contributed by atoms with van der Waals surface area (Å²) in [6.45, 7) is 3.34. The molecule has 2 heterocycles. The van der Waals surface area contributed by atoms with Gasteiger partial charge in [0, 0.05) is 13.2 Å². The molecule has 0 saturated carbocycles. The van der Waals surface area contributed by atoms with Crippen molar-refractivity contribution >= 4 is 0 Å². The van der Waals surface area contributed by atoms with Gasteiger partial charge in [-0.25, -0.2) is 0 Å². The lowest BCUT2D eigenvalue weighted by molar-refractivity contribution is 0.0719. The Kier molecular flexibility index (Phi) is 1.44.